The lowest BCUT2D eigenvalue weighted by Gasteiger charge is -2.10. The Bertz CT molecular complexity index is 596. The molecule has 0 atom stereocenters. The predicted octanol–water partition coefficient (Wildman–Crippen LogP) is 4.02. The Kier molecular flexibility index (Phi) is 5.64. The monoisotopic (exact) mass is 304 g/mol. The first-order chi connectivity index (χ1) is 10.2. The number of ether oxygens (including phenoxy) is 2. The van der Waals surface area contributed by atoms with Gasteiger partial charge in [0.25, 0.3) is 0 Å². The maximum Gasteiger partial charge on any atom is 0.306 e. The number of benzene rings is 2. The molecule has 0 N–H and O–H groups in total. The van der Waals surface area contributed by atoms with Crippen LogP contribution in [-0.4, -0.2) is 13.1 Å². The fourth-order valence-corrected chi connectivity index (χ4v) is 2.27. The van der Waals surface area contributed by atoms with Gasteiger partial charge in [0.05, 0.1) is 7.11 Å². The number of halogens is 1. The zero-order valence-corrected chi connectivity index (χ0v) is 12.6. The molecule has 0 unspecified atom stereocenters. The Hall–Kier alpha value is -2.00. The normalized spacial score (nSPS) is 10.2. The molecule has 110 valence electrons. The minimum Gasteiger partial charge on any atom is -0.496 e. The van der Waals surface area contributed by atoms with Gasteiger partial charge in [-0.2, -0.15) is 0 Å². The van der Waals surface area contributed by atoms with Crippen LogP contribution in [0.25, 0.3) is 0 Å². The summed E-state index contributed by atoms with van der Waals surface area (Å²) < 4.78 is 10.5. The molecule has 2 aromatic rings. The molecule has 3 nitrogen and oxygen atoms in total. The van der Waals surface area contributed by atoms with Crippen molar-refractivity contribution in [2.45, 2.75) is 19.4 Å². The van der Waals surface area contributed by atoms with Crippen LogP contribution in [0, 0.1) is 0 Å². The van der Waals surface area contributed by atoms with Gasteiger partial charge in [-0.1, -0.05) is 48.0 Å². The first-order valence-electron chi connectivity index (χ1n) is 6.71. The highest BCUT2D eigenvalue weighted by molar-refractivity contribution is 6.31. The van der Waals surface area contributed by atoms with E-state index in [0.29, 0.717) is 23.8 Å². The second kappa shape index (κ2) is 7.70. The zero-order valence-electron chi connectivity index (χ0n) is 11.8. The topological polar surface area (TPSA) is 35.5 Å². The molecule has 0 aromatic heterocycles. The second-order valence-corrected chi connectivity index (χ2v) is 4.97. The molecule has 0 bridgehead atoms. The molecule has 21 heavy (non-hydrogen) atoms. The Morgan fingerprint density at radius 3 is 2.57 bits per heavy atom. The molecule has 0 fully saturated rings. The molecule has 0 aliphatic carbocycles. The van der Waals surface area contributed by atoms with Gasteiger partial charge in [-0.3, -0.25) is 4.79 Å². The molecule has 2 rings (SSSR count). The van der Waals surface area contributed by atoms with Gasteiger partial charge in [-0.15, -0.1) is 0 Å². The maximum absolute atomic E-state index is 11.8. The van der Waals surface area contributed by atoms with Crippen LogP contribution in [0.3, 0.4) is 0 Å². The highest BCUT2D eigenvalue weighted by Gasteiger charge is 2.11. The maximum atomic E-state index is 11.8. The summed E-state index contributed by atoms with van der Waals surface area (Å²) in [6, 6.07) is 15.0. The van der Waals surface area contributed by atoms with E-state index in [-0.39, 0.29) is 12.4 Å². The fraction of sp³-hybridized carbons (Fsp3) is 0.235. The minimum absolute atomic E-state index is 0.249. The molecule has 2 aromatic carbocycles. The van der Waals surface area contributed by atoms with E-state index in [1.165, 1.54) is 0 Å². The van der Waals surface area contributed by atoms with Crippen LogP contribution in [0.5, 0.6) is 5.75 Å². The molecule has 0 heterocycles. The van der Waals surface area contributed by atoms with Crippen molar-refractivity contribution in [3.63, 3.8) is 0 Å². The van der Waals surface area contributed by atoms with Gasteiger partial charge in [0.15, 0.2) is 0 Å². The van der Waals surface area contributed by atoms with E-state index < -0.39 is 0 Å². The summed E-state index contributed by atoms with van der Waals surface area (Å²) >= 11 is 6.13. The largest absolute Gasteiger partial charge is 0.496 e. The summed E-state index contributed by atoms with van der Waals surface area (Å²) in [4.78, 5) is 11.8. The average molecular weight is 305 g/mol. The van der Waals surface area contributed by atoms with E-state index in [4.69, 9.17) is 21.1 Å². The molecule has 0 aliphatic rings. The van der Waals surface area contributed by atoms with Gasteiger partial charge in [0, 0.05) is 17.0 Å². The molecule has 0 aliphatic heterocycles. The van der Waals surface area contributed by atoms with Crippen LogP contribution >= 0.6 is 11.6 Å². The lowest BCUT2D eigenvalue weighted by Crippen LogP contribution is -2.06. The predicted molar refractivity (Wildman–Crippen MR) is 82.6 cm³/mol. The Morgan fingerprint density at radius 1 is 1.10 bits per heavy atom. The van der Waals surface area contributed by atoms with Gasteiger partial charge in [-0.05, 0) is 24.1 Å². The summed E-state index contributed by atoms with van der Waals surface area (Å²) in [5, 5.41) is 0.602. The van der Waals surface area contributed by atoms with Crippen LogP contribution in [0.4, 0.5) is 0 Å². The lowest BCUT2D eigenvalue weighted by atomic mass is 10.1. The zero-order chi connectivity index (χ0) is 15.1. The highest BCUT2D eigenvalue weighted by atomic mass is 35.5. The van der Waals surface area contributed by atoms with Crippen molar-refractivity contribution in [3.8, 4) is 5.75 Å². The van der Waals surface area contributed by atoms with Crippen LogP contribution in [-0.2, 0) is 22.6 Å². The SMILES string of the molecule is COc1cccc(Cl)c1CCC(=O)OCc1ccccc1. The van der Waals surface area contributed by atoms with E-state index in [9.17, 15) is 4.79 Å². The lowest BCUT2D eigenvalue weighted by molar-refractivity contribution is -0.144. The average Bonchev–Trinajstić information content (AvgIpc) is 2.52. The fourth-order valence-electron chi connectivity index (χ4n) is 2.01. The molecule has 0 spiro atoms. The molecule has 4 heteroatoms. The number of carbonyl (C=O) groups excluding carboxylic acids is 1. The van der Waals surface area contributed by atoms with E-state index in [0.717, 1.165) is 11.1 Å². The van der Waals surface area contributed by atoms with Gasteiger partial charge in [0.2, 0.25) is 0 Å². The second-order valence-electron chi connectivity index (χ2n) is 4.57. The molecule has 0 saturated heterocycles. The van der Waals surface area contributed by atoms with Gasteiger partial charge in [0.1, 0.15) is 12.4 Å². The Morgan fingerprint density at radius 2 is 1.86 bits per heavy atom. The molecule has 0 radical (unpaired) electrons. The van der Waals surface area contributed by atoms with E-state index in [1.807, 2.05) is 42.5 Å². The quantitative estimate of drug-likeness (QED) is 0.756. The van der Waals surface area contributed by atoms with Crippen molar-refractivity contribution in [1.29, 1.82) is 0 Å². The number of carbonyl (C=O) groups is 1. The first kappa shape index (κ1) is 15.4. The summed E-state index contributed by atoms with van der Waals surface area (Å²) in [6.07, 6.45) is 0.767. The molecular weight excluding hydrogens is 288 g/mol. The van der Waals surface area contributed by atoms with Crippen LogP contribution < -0.4 is 4.74 Å². The highest BCUT2D eigenvalue weighted by Crippen LogP contribution is 2.27. The van der Waals surface area contributed by atoms with Crippen molar-refractivity contribution in [2.75, 3.05) is 7.11 Å². The van der Waals surface area contributed by atoms with Gasteiger partial charge < -0.3 is 9.47 Å². The number of hydrogen-bond acceptors (Lipinski definition) is 3. The standard InChI is InChI=1S/C17H17ClO3/c1-20-16-9-5-8-15(18)14(16)10-11-17(19)21-12-13-6-3-2-4-7-13/h2-9H,10-12H2,1H3. The third-order valence-corrected chi connectivity index (χ3v) is 3.47. The molecular formula is C17H17ClO3. The number of rotatable bonds is 6. The smallest absolute Gasteiger partial charge is 0.306 e. The third kappa shape index (κ3) is 4.50. The van der Waals surface area contributed by atoms with Crippen molar-refractivity contribution >= 4 is 17.6 Å². The van der Waals surface area contributed by atoms with Crippen LogP contribution in [0.2, 0.25) is 5.02 Å². The van der Waals surface area contributed by atoms with Crippen LogP contribution in [0.1, 0.15) is 17.5 Å². The summed E-state index contributed by atoms with van der Waals surface area (Å²) in [5.41, 5.74) is 1.81. The van der Waals surface area contributed by atoms with E-state index >= 15 is 0 Å². The van der Waals surface area contributed by atoms with Gasteiger partial charge >= 0.3 is 5.97 Å². The minimum atomic E-state index is -0.249. The third-order valence-electron chi connectivity index (χ3n) is 3.12. The van der Waals surface area contributed by atoms with Crippen molar-refractivity contribution in [3.05, 3.63) is 64.7 Å². The molecule has 0 saturated carbocycles. The van der Waals surface area contributed by atoms with Gasteiger partial charge in [-0.25, -0.2) is 0 Å². The van der Waals surface area contributed by atoms with Crippen molar-refractivity contribution in [1.82, 2.24) is 0 Å². The van der Waals surface area contributed by atoms with Crippen LogP contribution in [0.15, 0.2) is 48.5 Å². The number of methoxy groups -OCH3 is 1. The van der Waals surface area contributed by atoms with E-state index in [1.54, 1.807) is 13.2 Å². The summed E-state index contributed by atoms with van der Waals surface area (Å²) in [5.74, 6) is 0.444. The summed E-state index contributed by atoms with van der Waals surface area (Å²) in [7, 11) is 1.59. The number of hydrogen-bond donors (Lipinski definition) is 0. The Labute approximate surface area is 129 Å². The first-order valence-corrected chi connectivity index (χ1v) is 7.09. The van der Waals surface area contributed by atoms with E-state index in [2.05, 4.69) is 0 Å². The van der Waals surface area contributed by atoms with Crippen molar-refractivity contribution < 1.29 is 14.3 Å². The Balaban J connectivity index is 1.87. The molecule has 0 amide bonds. The van der Waals surface area contributed by atoms with Crippen molar-refractivity contribution in [2.24, 2.45) is 0 Å². The number of esters is 1. The summed E-state index contributed by atoms with van der Waals surface area (Å²) in [6.45, 7) is 0.291.